The highest BCUT2D eigenvalue weighted by atomic mass is 32.2. The molecule has 7 nitrogen and oxygen atoms in total. The number of alkyl halides is 3. The van der Waals surface area contributed by atoms with Gasteiger partial charge in [0.25, 0.3) is 0 Å². The van der Waals surface area contributed by atoms with Crippen molar-refractivity contribution in [1.82, 2.24) is 15.1 Å². The zero-order valence-electron chi connectivity index (χ0n) is 16.9. The van der Waals surface area contributed by atoms with Crippen LogP contribution in [-0.2, 0) is 32.1 Å². The number of nitrogens with zero attached hydrogens (tertiary/aromatic N) is 2. The standard InChI is InChI=1S/C20H22F3N3O4S/c1-3-30-19(27)12-26-17(11-18(25-26)20(21,22)23)16-9-8-15(24-16)13-6-5-7-14(10-13)31(28,29)4-2/h5-7,9-11,15,24H,3-4,8,12H2,1-2H3. The largest absolute Gasteiger partial charge is 0.465 e. The molecule has 0 amide bonds. The van der Waals surface area contributed by atoms with Gasteiger partial charge in [0, 0.05) is 0 Å². The van der Waals surface area contributed by atoms with E-state index in [1.54, 1.807) is 38.1 Å². The van der Waals surface area contributed by atoms with Crippen molar-refractivity contribution in [2.45, 2.75) is 43.9 Å². The van der Waals surface area contributed by atoms with Gasteiger partial charge in [-0.3, -0.25) is 9.48 Å². The maximum absolute atomic E-state index is 13.2. The molecule has 0 saturated heterocycles. The highest BCUT2D eigenvalue weighted by molar-refractivity contribution is 7.91. The van der Waals surface area contributed by atoms with E-state index in [4.69, 9.17) is 4.74 Å². The maximum atomic E-state index is 13.2. The van der Waals surface area contributed by atoms with E-state index in [-0.39, 0.29) is 29.0 Å². The van der Waals surface area contributed by atoms with Gasteiger partial charge in [-0.05, 0) is 37.1 Å². The van der Waals surface area contributed by atoms with E-state index in [1.165, 1.54) is 6.07 Å². The number of carbonyl (C=O) groups excluding carboxylic acids is 1. The normalized spacial score (nSPS) is 16.7. The molecule has 1 unspecified atom stereocenters. The predicted molar refractivity (Wildman–Crippen MR) is 107 cm³/mol. The summed E-state index contributed by atoms with van der Waals surface area (Å²) in [6.45, 7) is 2.79. The molecule has 0 radical (unpaired) electrons. The fourth-order valence-corrected chi connectivity index (χ4v) is 4.19. The van der Waals surface area contributed by atoms with Crippen LogP contribution in [0.1, 0.15) is 43.3 Å². The molecular weight excluding hydrogens is 435 g/mol. The second kappa shape index (κ2) is 8.74. The molecule has 31 heavy (non-hydrogen) atoms. The molecular formula is C20H22F3N3O4S. The Morgan fingerprint density at radius 1 is 1.29 bits per heavy atom. The number of carbonyl (C=O) groups is 1. The van der Waals surface area contributed by atoms with Gasteiger partial charge in [0.15, 0.2) is 15.5 Å². The minimum Gasteiger partial charge on any atom is -0.465 e. The number of aromatic nitrogens is 2. The van der Waals surface area contributed by atoms with Crippen LogP contribution in [-0.4, -0.2) is 36.5 Å². The topological polar surface area (TPSA) is 90.3 Å². The van der Waals surface area contributed by atoms with Crippen LogP contribution in [0.25, 0.3) is 5.70 Å². The van der Waals surface area contributed by atoms with Crippen LogP contribution in [0.5, 0.6) is 0 Å². The van der Waals surface area contributed by atoms with Gasteiger partial charge in [-0.15, -0.1) is 0 Å². The number of esters is 1. The first-order valence-corrected chi connectivity index (χ1v) is 11.3. The number of benzene rings is 1. The minimum atomic E-state index is -4.67. The summed E-state index contributed by atoms with van der Waals surface area (Å²) in [5, 5.41) is 6.65. The Kier molecular flexibility index (Phi) is 6.44. The van der Waals surface area contributed by atoms with Crippen molar-refractivity contribution in [1.29, 1.82) is 0 Å². The number of hydrogen-bond donors (Lipinski definition) is 1. The summed E-state index contributed by atoms with van der Waals surface area (Å²) in [6, 6.07) is 6.99. The van der Waals surface area contributed by atoms with Gasteiger partial charge in [0.2, 0.25) is 0 Å². The molecule has 3 rings (SSSR count). The lowest BCUT2D eigenvalue weighted by Gasteiger charge is -2.16. The average Bonchev–Trinajstić information content (AvgIpc) is 3.35. The Morgan fingerprint density at radius 3 is 2.68 bits per heavy atom. The lowest BCUT2D eigenvalue weighted by atomic mass is 10.1. The monoisotopic (exact) mass is 457 g/mol. The van der Waals surface area contributed by atoms with E-state index in [1.807, 2.05) is 0 Å². The number of hydrogen-bond acceptors (Lipinski definition) is 6. The Morgan fingerprint density at radius 2 is 2.03 bits per heavy atom. The molecule has 1 aliphatic rings. The summed E-state index contributed by atoms with van der Waals surface area (Å²) in [5.41, 5.74) is 0.0449. The van der Waals surface area contributed by atoms with Crippen molar-refractivity contribution in [3.05, 3.63) is 53.4 Å². The fraction of sp³-hybridized carbons (Fsp3) is 0.400. The number of halogens is 3. The molecule has 0 aliphatic carbocycles. The van der Waals surface area contributed by atoms with E-state index in [0.29, 0.717) is 17.7 Å². The van der Waals surface area contributed by atoms with E-state index in [0.717, 1.165) is 10.7 Å². The molecule has 0 spiro atoms. The van der Waals surface area contributed by atoms with Crippen LogP contribution in [0.15, 0.2) is 41.3 Å². The quantitative estimate of drug-likeness (QED) is 0.642. The third-order valence-electron chi connectivity index (χ3n) is 4.82. The van der Waals surface area contributed by atoms with Crippen molar-refractivity contribution in [2.24, 2.45) is 0 Å². The van der Waals surface area contributed by atoms with Crippen LogP contribution >= 0.6 is 0 Å². The van der Waals surface area contributed by atoms with Gasteiger partial charge in [-0.2, -0.15) is 18.3 Å². The van der Waals surface area contributed by atoms with Gasteiger partial charge in [0.1, 0.15) is 6.54 Å². The lowest BCUT2D eigenvalue weighted by molar-refractivity contribution is -0.146. The number of rotatable bonds is 7. The van der Waals surface area contributed by atoms with Crippen LogP contribution < -0.4 is 5.32 Å². The third-order valence-corrected chi connectivity index (χ3v) is 6.55. The Hall–Kier alpha value is -2.82. The summed E-state index contributed by atoms with van der Waals surface area (Å²) in [6.07, 6.45) is -2.54. The average molecular weight is 457 g/mol. The molecule has 1 atom stereocenters. The number of sulfone groups is 1. The summed E-state index contributed by atoms with van der Waals surface area (Å²) in [5.74, 6) is -0.737. The van der Waals surface area contributed by atoms with Crippen LogP contribution in [0.3, 0.4) is 0 Å². The van der Waals surface area contributed by atoms with Gasteiger partial charge >= 0.3 is 12.1 Å². The second-order valence-electron chi connectivity index (χ2n) is 6.90. The molecule has 1 N–H and O–H groups in total. The molecule has 168 valence electrons. The molecule has 0 bridgehead atoms. The van der Waals surface area contributed by atoms with Crippen molar-refractivity contribution in [3.8, 4) is 0 Å². The first-order chi connectivity index (χ1) is 14.5. The number of ether oxygens (including phenoxy) is 1. The van der Waals surface area contributed by atoms with Crippen molar-refractivity contribution < 1.29 is 31.1 Å². The molecule has 2 heterocycles. The van der Waals surface area contributed by atoms with Crippen molar-refractivity contribution in [2.75, 3.05) is 12.4 Å². The molecule has 2 aromatic rings. The van der Waals surface area contributed by atoms with E-state index in [9.17, 15) is 26.4 Å². The Balaban J connectivity index is 1.87. The first-order valence-electron chi connectivity index (χ1n) is 9.65. The fourth-order valence-electron chi connectivity index (χ4n) is 3.25. The molecule has 0 fully saturated rings. The SMILES string of the molecule is CCOC(=O)Cn1nc(C(F)(F)F)cc1C1=CCC(c2cccc(S(=O)(=O)CC)c2)N1. The summed E-state index contributed by atoms with van der Waals surface area (Å²) in [4.78, 5) is 12.0. The summed E-state index contributed by atoms with van der Waals surface area (Å²) >= 11 is 0. The second-order valence-corrected chi connectivity index (χ2v) is 9.18. The zero-order valence-corrected chi connectivity index (χ0v) is 17.8. The highest BCUT2D eigenvalue weighted by Gasteiger charge is 2.36. The van der Waals surface area contributed by atoms with E-state index in [2.05, 4.69) is 10.4 Å². The lowest BCUT2D eigenvalue weighted by Crippen LogP contribution is -2.20. The van der Waals surface area contributed by atoms with Gasteiger partial charge in [-0.1, -0.05) is 25.1 Å². The maximum Gasteiger partial charge on any atom is 0.435 e. The van der Waals surface area contributed by atoms with E-state index >= 15 is 0 Å². The highest BCUT2D eigenvalue weighted by Crippen LogP contribution is 2.34. The summed E-state index contributed by atoms with van der Waals surface area (Å²) < 4.78 is 69.7. The van der Waals surface area contributed by atoms with Crippen molar-refractivity contribution >= 4 is 21.5 Å². The van der Waals surface area contributed by atoms with Gasteiger partial charge in [0.05, 0.1) is 34.7 Å². The van der Waals surface area contributed by atoms with Crippen LogP contribution in [0.4, 0.5) is 13.2 Å². The first kappa shape index (κ1) is 22.9. The molecule has 11 heteroatoms. The van der Waals surface area contributed by atoms with Crippen molar-refractivity contribution in [3.63, 3.8) is 0 Å². The number of nitrogens with one attached hydrogen (secondary N) is 1. The molecule has 1 aromatic heterocycles. The minimum absolute atomic E-state index is 0.0364. The van der Waals surface area contributed by atoms with Crippen LogP contribution in [0, 0.1) is 0 Å². The molecule has 1 aliphatic heterocycles. The zero-order chi connectivity index (χ0) is 22.8. The Bertz CT molecular complexity index is 1110. The third kappa shape index (κ3) is 5.09. The van der Waals surface area contributed by atoms with Crippen LogP contribution in [0.2, 0.25) is 0 Å². The van der Waals surface area contributed by atoms with Gasteiger partial charge in [-0.25, -0.2) is 8.42 Å². The van der Waals surface area contributed by atoms with E-state index < -0.39 is 34.2 Å². The Labute approximate surface area is 177 Å². The predicted octanol–water partition coefficient (Wildman–Crippen LogP) is 3.33. The molecule has 0 saturated carbocycles. The summed E-state index contributed by atoms with van der Waals surface area (Å²) in [7, 11) is -3.39. The molecule has 1 aromatic carbocycles. The smallest absolute Gasteiger partial charge is 0.435 e. The van der Waals surface area contributed by atoms with Gasteiger partial charge < -0.3 is 10.1 Å².